The Morgan fingerprint density at radius 3 is 2.14 bits per heavy atom. The zero-order valence-corrected chi connectivity index (χ0v) is 13.1. The van der Waals surface area contributed by atoms with Crippen LogP contribution >= 0.6 is 0 Å². The maximum Gasteiger partial charge on any atom is 0.274 e. The first-order chi connectivity index (χ1) is 10.2. The summed E-state index contributed by atoms with van der Waals surface area (Å²) in [5.74, 6) is -1.62. The molecule has 0 bridgehead atoms. The number of carbonyl (C=O) groups is 4. The van der Waals surface area contributed by atoms with Crippen LogP contribution in [0, 0.1) is 0 Å². The van der Waals surface area contributed by atoms with Gasteiger partial charge in [-0.15, -0.1) is 0 Å². The van der Waals surface area contributed by atoms with Crippen LogP contribution in [0.4, 0.5) is 11.8 Å². The number of imidazole rings is 1. The summed E-state index contributed by atoms with van der Waals surface area (Å²) >= 11 is 0. The van der Waals surface area contributed by atoms with Gasteiger partial charge < -0.3 is 9.47 Å². The molecule has 2 rings (SSSR count). The van der Waals surface area contributed by atoms with Gasteiger partial charge >= 0.3 is 0 Å². The number of carbonyl (C=O) groups excluding carboxylic acids is 4. The van der Waals surface area contributed by atoms with Crippen molar-refractivity contribution in [2.75, 3.05) is 30.4 Å². The molecule has 1 aliphatic rings. The third-order valence-corrected chi connectivity index (χ3v) is 3.50. The Labute approximate surface area is 127 Å². The van der Waals surface area contributed by atoms with Gasteiger partial charge in [0, 0.05) is 35.0 Å². The highest BCUT2D eigenvalue weighted by Gasteiger charge is 2.35. The topological polar surface area (TPSA) is 95.8 Å². The van der Waals surface area contributed by atoms with Gasteiger partial charge in [0.25, 0.3) is 5.91 Å². The second-order valence-electron chi connectivity index (χ2n) is 5.13. The van der Waals surface area contributed by atoms with Gasteiger partial charge in [0.15, 0.2) is 11.5 Å². The smallest absolute Gasteiger partial charge is 0.274 e. The number of nitrogens with zero attached hydrogens (tertiary/aromatic N) is 5. The number of hydrogen-bond donors (Lipinski definition) is 0. The van der Waals surface area contributed by atoms with Crippen LogP contribution in [0.5, 0.6) is 0 Å². The number of fused-ring (bicyclic) bond motifs is 1. The van der Waals surface area contributed by atoms with E-state index in [4.69, 9.17) is 0 Å². The molecule has 0 saturated heterocycles. The highest BCUT2D eigenvalue weighted by molar-refractivity contribution is 6.14. The van der Waals surface area contributed by atoms with E-state index in [0.717, 1.165) is 4.90 Å². The molecule has 0 saturated carbocycles. The van der Waals surface area contributed by atoms with E-state index in [9.17, 15) is 19.2 Å². The first kappa shape index (κ1) is 15.7. The molecule has 1 aliphatic heterocycles. The van der Waals surface area contributed by atoms with Crippen LogP contribution in [-0.2, 0) is 21.4 Å². The standard InChI is InChI=1S/C13H17N5O4/c1-7(19)18(8(2)20)13-14-11-10(17(13)5)12(22)15(3)6-9(21)16(11)4/h6H2,1-5H3. The molecule has 0 aliphatic carbocycles. The number of rotatable bonds is 1. The van der Waals surface area contributed by atoms with E-state index < -0.39 is 17.7 Å². The van der Waals surface area contributed by atoms with Gasteiger partial charge in [-0.1, -0.05) is 0 Å². The molecule has 22 heavy (non-hydrogen) atoms. The summed E-state index contributed by atoms with van der Waals surface area (Å²) in [4.78, 5) is 55.4. The Balaban J connectivity index is 2.70. The monoisotopic (exact) mass is 307 g/mol. The predicted molar refractivity (Wildman–Crippen MR) is 77.4 cm³/mol. The average molecular weight is 307 g/mol. The second kappa shape index (κ2) is 5.24. The number of imide groups is 1. The maximum absolute atomic E-state index is 12.4. The third-order valence-electron chi connectivity index (χ3n) is 3.50. The Hall–Kier alpha value is -2.71. The summed E-state index contributed by atoms with van der Waals surface area (Å²) < 4.78 is 1.35. The summed E-state index contributed by atoms with van der Waals surface area (Å²) in [7, 11) is 4.52. The van der Waals surface area contributed by atoms with Crippen molar-refractivity contribution in [2.45, 2.75) is 13.8 Å². The fourth-order valence-corrected chi connectivity index (χ4v) is 2.33. The third kappa shape index (κ3) is 2.24. The van der Waals surface area contributed by atoms with Crippen LogP contribution in [0.1, 0.15) is 24.3 Å². The Morgan fingerprint density at radius 1 is 1.09 bits per heavy atom. The quantitative estimate of drug-likeness (QED) is 0.688. The molecule has 9 heteroatoms. The zero-order chi connectivity index (χ0) is 16.8. The minimum absolute atomic E-state index is 0.00769. The Bertz CT molecular complexity index is 679. The maximum atomic E-state index is 12.4. The van der Waals surface area contributed by atoms with Gasteiger partial charge in [0.2, 0.25) is 23.7 Å². The van der Waals surface area contributed by atoms with E-state index in [0.29, 0.717) is 0 Å². The molecule has 1 aromatic heterocycles. The molecule has 0 N–H and O–H groups in total. The van der Waals surface area contributed by atoms with Crippen LogP contribution in [0.2, 0.25) is 0 Å². The fourth-order valence-electron chi connectivity index (χ4n) is 2.33. The summed E-state index contributed by atoms with van der Waals surface area (Å²) in [6.07, 6.45) is 0. The molecule has 118 valence electrons. The number of aromatic nitrogens is 2. The molecule has 0 fully saturated rings. The SMILES string of the molecule is CC(=O)N(C(C)=O)c1nc2c(n1C)C(=O)N(C)CC(=O)N2C. The lowest BCUT2D eigenvalue weighted by atomic mass is 10.3. The first-order valence-electron chi connectivity index (χ1n) is 6.56. The number of likely N-dealkylation sites (N-methyl/N-ethyl adjacent to an activating group) is 2. The highest BCUT2D eigenvalue weighted by Crippen LogP contribution is 2.28. The molecule has 0 spiro atoms. The fraction of sp³-hybridized carbons (Fsp3) is 0.462. The van der Waals surface area contributed by atoms with Crippen molar-refractivity contribution in [1.82, 2.24) is 14.5 Å². The number of hydrogen-bond acceptors (Lipinski definition) is 5. The van der Waals surface area contributed by atoms with Crippen LogP contribution in [0.15, 0.2) is 0 Å². The van der Waals surface area contributed by atoms with Gasteiger partial charge in [-0.2, -0.15) is 4.98 Å². The van der Waals surface area contributed by atoms with Gasteiger partial charge in [-0.05, 0) is 0 Å². The van der Waals surface area contributed by atoms with Gasteiger partial charge in [0.1, 0.15) is 6.54 Å². The van der Waals surface area contributed by atoms with Crippen molar-refractivity contribution < 1.29 is 19.2 Å². The summed E-state index contributed by atoms with van der Waals surface area (Å²) in [5, 5.41) is 0. The highest BCUT2D eigenvalue weighted by atomic mass is 16.2. The summed E-state index contributed by atoms with van der Waals surface area (Å²) in [5.41, 5.74) is 0.151. The molecule has 1 aromatic rings. The van der Waals surface area contributed by atoms with Crippen molar-refractivity contribution in [3.05, 3.63) is 5.69 Å². The first-order valence-corrected chi connectivity index (χ1v) is 6.56. The molecule has 2 heterocycles. The van der Waals surface area contributed by atoms with E-state index in [-0.39, 0.29) is 29.9 Å². The lowest BCUT2D eigenvalue weighted by Crippen LogP contribution is -2.37. The summed E-state index contributed by atoms with van der Waals surface area (Å²) in [6.45, 7) is 2.39. The summed E-state index contributed by atoms with van der Waals surface area (Å²) in [6, 6.07) is 0. The average Bonchev–Trinajstić information content (AvgIpc) is 2.70. The van der Waals surface area contributed by atoms with Crippen molar-refractivity contribution >= 4 is 35.4 Å². The van der Waals surface area contributed by atoms with Gasteiger partial charge in [-0.3, -0.25) is 24.1 Å². The number of amides is 4. The van der Waals surface area contributed by atoms with E-state index in [1.165, 1.54) is 49.4 Å². The van der Waals surface area contributed by atoms with Crippen LogP contribution < -0.4 is 9.80 Å². The molecule has 0 atom stereocenters. The molecule has 0 radical (unpaired) electrons. The molecular weight excluding hydrogens is 290 g/mol. The van der Waals surface area contributed by atoms with E-state index in [2.05, 4.69) is 4.98 Å². The van der Waals surface area contributed by atoms with Crippen molar-refractivity contribution in [3.63, 3.8) is 0 Å². The molecule has 9 nitrogen and oxygen atoms in total. The largest absolute Gasteiger partial charge is 0.331 e. The van der Waals surface area contributed by atoms with E-state index in [1.54, 1.807) is 0 Å². The minimum atomic E-state index is -0.523. The Morgan fingerprint density at radius 2 is 1.64 bits per heavy atom. The second-order valence-corrected chi connectivity index (χ2v) is 5.13. The number of anilines is 2. The zero-order valence-electron chi connectivity index (χ0n) is 13.1. The molecule has 4 amide bonds. The van der Waals surface area contributed by atoms with Crippen LogP contribution in [-0.4, -0.2) is 58.7 Å². The normalized spacial score (nSPS) is 14.8. The Kier molecular flexibility index (Phi) is 3.74. The molecule has 0 aromatic carbocycles. The van der Waals surface area contributed by atoms with Crippen LogP contribution in [0.3, 0.4) is 0 Å². The van der Waals surface area contributed by atoms with Gasteiger partial charge in [0.05, 0.1) is 0 Å². The predicted octanol–water partition coefficient (Wildman–Crippen LogP) is -0.632. The van der Waals surface area contributed by atoms with Crippen LogP contribution in [0.25, 0.3) is 0 Å². The lowest BCUT2D eigenvalue weighted by Gasteiger charge is -2.18. The van der Waals surface area contributed by atoms with E-state index >= 15 is 0 Å². The minimum Gasteiger partial charge on any atom is -0.331 e. The molecule has 0 unspecified atom stereocenters. The lowest BCUT2D eigenvalue weighted by molar-refractivity contribution is -0.124. The van der Waals surface area contributed by atoms with Crippen molar-refractivity contribution in [3.8, 4) is 0 Å². The van der Waals surface area contributed by atoms with E-state index in [1.807, 2.05) is 0 Å². The van der Waals surface area contributed by atoms with Crippen molar-refractivity contribution in [1.29, 1.82) is 0 Å². The molecular formula is C13H17N5O4. The van der Waals surface area contributed by atoms with Gasteiger partial charge in [-0.25, -0.2) is 4.90 Å². The van der Waals surface area contributed by atoms with Crippen molar-refractivity contribution in [2.24, 2.45) is 7.05 Å².